The molecule has 0 fully saturated rings. The molecule has 0 amide bonds. The molecular formula is C65H120NO8P. The molecule has 0 aromatic carbocycles. The number of allylic oxidation sites excluding steroid dienone is 10. The van der Waals surface area contributed by atoms with E-state index in [1.54, 1.807) is 0 Å². The number of phosphoric acid groups is 1. The van der Waals surface area contributed by atoms with Crippen molar-refractivity contribution >= 4 is 19.8 Å². The van der Waals surface area contributed by atoms with Crippen LogP contribution in [0.1, 0.15) is 290 Å². The van der Waals surface area contributed by atoms with E-state index in [-0.39, 0.29) is 32.0 Å². The molecule has 438 valence electrons. The van der Waals surface area contributed by atoms with Crippen LogP contribution in [0.25, 0.3) is 0 Å². The molecule has 0 aliphatic carbocycles. The van der Waals surface area contributed by atoms with Crippen molar-refractivity contribution in [3.8, 4) is 0 Å². The van der Waals surface area contributed by atoms with Crippen LogP contribution in [-0.2, 0) is 32.7 Å². The van der Waals surface area contributed by atoms with Crippen molar-refractivity contribution in [1.82, 2.24) is 0 Å². The van der Waals surface area contributed by atoms with E-state index in [2.05, 4.69) is 74.6 Å². The summed E-state index contributed by atoms with van der Waals surface area (Å²) in [4.78, 5) is 37.9. The topological polar surface area (TPSA) is 111 Å². The smallest absolute Gasteiger partial charge is 0.306 e. The van der Waals surface area contributed by atoms with Crippen LogP contribution in [0.4, 0.5) is 0 Å². The quantitative estimate of drug-likeness (QED) is 0.0195. The normalized spacial score (nSPS) is 13.6. The van der Waals surface area contributed by atoms with Crippen LogP contribution < -0.4 is 4.89 Å². The third-order valence-electron chi connectivity index (χ3n) is 13.8. The molecule has 10 heteroatoms. The van der Waals surface area contributed by atoms with Gasteiger partial charge in [-0.2, -0.15) is 0 Å². The minimum atomic E-state index is -4.64. The minimum Gasteiger partial charge on any atom is -0.756 e. The van der Waals surface area contributed by atoms with E-state index >= 15 is 0 Å². The highest BCUT2D eigenvalue weighted by Crippen LogP contribution is 2.38. The molecule has 0 spiro atoms. The number of carbonyl (C=O) groups is 2. The highest BCUT2D eigenvalue weighted by Gasteiger charge is 2.22. The number of rotatable bonds is 58. The molecule has 0 radical (unpaired) electrons. The van der Waals surface area contributed by atoms with Gasteiger partial charge in [-0.1, -0.05) is 261 Å². The second kappa shape index (κ2) is 56.4. The fourth-order valence-electron chi connectivity index (χ4n) is 8.94. The average molecular weight is 1070 g/mol. The van der Waals surface area contributed by atoms with Crippen LogP contribution in [-0.4, -0.2) is 70.0 Å². The zero-order chi connectivity index (χ0) is 54.9. The van der Waals surface area contributed by atoms with E-state index in [9.17, 15) is 19.0 Å². The lowest BCUT2D eigenvalue weighted by molar-refractivity contribution is -0.870. The molecule has 75 heavy (non-hydrogen) atoms. The zero-order valence-electron chi connectivity index (χ0n) is 49.7. The number of hydrogen-bond acceptors (Lipinski definition) is 8. The predicted octanol–water partition coefficient (Wildman–Crippen LogP) is 19.2. The van der Waals surface area contributed by atoms with Gasteiger partial charge in [0.1, 0.15) is 19.8 Å². The second-order valence-corrected chi connectivity index (χ2v) is 23.8. The van der Waals surface area contributed by atoms with Gasteiger partial charge in [-0.15, -0.1) is 0 Å². The maximum Gasteiger partial charge on any atom is 0.306 e. The van der Waals surface area contributed by atoms with E-state index in [1.807, 2.05) is 21.1 Å². The first-order valence-electron chi connectivity index (χ1n) is 31.5. The Labute approximate surface area is 464 Å². The molecule has 9 nitrogen and oxygen atoms in total. The first kappa shape index (κ1) is 72.7. The summed E-state index contributed by atoms with van der Waals surface area (Å²) in [5, 5.41) is 0. The highest BCUT2D eigenvalue weighted by atomic mass is 31.2. The molecule has 2 atom stereocenters. The number of unbranched alkanes of at least 4 members (excludes halogenated alkanes) is 34. The number of carbonyl (C=O) groups excluding carboxylic acids is 2. The lowest BCUT2D eigenvalue weighted by Crippen LogP contribution is -2.37. The van der Waals surface area contributed by atoms with Crippen LogP contribution in [0.3, 0.4) is 0 Å². The van der Waals surface area contributed by atoms with Gasteiger partial charge in [0.05, 0.1) is 27.7 Å². The molecule has 0 rings (SSSR count). The third kappa shape index (κ3) is 60.8. The standard InChI is InChI=1S/C65H120NO8P/c1-6-8-10-12-14-16-18-20-22-24-26-27-28-29-30-31-32-33-34-35-36-37-38-39-40-42-44-46-48-50-52-54-56-58-65(68)74-63(62-73-75(69,70)72-60-59-66(3,4)5)61-71-64(67)57-55-53-51-49-47-45-43-41-25-23-21-19-17-15-13-11-9-7-2/h8,10,14,16,20,22-23,25-27,63H,6-7,9,11-13,15,17-19,21,24,28-62H2,1-5H3/b10-8-,16-14-,22-20-,25-23-,27-26-. The summed E-state index contributed by atoms with van der Waals surface area (Å²) in [7, 11) is 1.17. The molecule has 0 aliphatic rings. The largest absolute Gasteiger partial charge is 0.756 e. The van der Waals surface area contributed by atoms with Gasteiger partial charge in [0.2, 0.25) is 0 Å². The number of hydrogen-bond donors (Lipinski definition) is 0. The van der Waals surface area contributed by atoms with Crippen LogP contribution in [0.5, 0.6) is 0 Å². The molecule has 0 N–H and O–H groups in total. The van der Waals surface area contributed by atoms with E-state index in [0.717, 1.165) is 77.0 Å². The maximum absolute atomic E-state index is 12.8. The van der Waals surface area contributed by atoms with Crippen molar-refractivity contribution < 1.29 is 42.1 Å². The van der Waals surface area contributed by atoms with Crippen molar-refractivity contribution in [1.29, 1.82) is 0 Å². The summed E-state index contributed by atoms with van der Waals surface area (Å²) in [6.45, 7) is 4.16. The Bertz CT molecular complexity index is 1450. The molecule has 0 heterocycles. The summed E-state index contributed by atoms with van der Waals surface area (Å²) in [6, 6.07) is 0. The van der Waals surface area contributed by atoms with Crippen molar-refractivity contribution in [2.45, 2.75) is 296 Å². The fraction of sp³-hybridized carbons (Fsp3) is 0.815. The van der Waals surface area contributed by atoms with Gasteiger partial charge in [-0.3, -0.25) is 14.2 Å². The first-order valence-corrected chi connectivity index (χ1v) is 33.0. The lowest BCUT2D eigenvalue weighted by atomic mass is 10.0. The SMILES string of the molecule is CC/C=C\C/C=C\C/C=C\C/C=C\CCCCCCCCCCCCCCCCCCCCCCC(=O)OC(COC(=O)CCCCCCCCC/C=C\CCCCCCCCC)COP(=O)([O-])OCC[N+](C)(C)C. The molecule has 0 aromatic heterocycles. The number of nitrogens with zero attached hydrogens (tertiary/aromatic N) is 1. The minimum absolute atomic E-state index is 0.0308. The molecule has 0 aliphatic heterocycles. The third-order valence-corrected chi connectivity index (χ3v) is 14.7. The van der Waals surface area contributed by atoms with Gasteiger partial charge in [0, 0.05) is 12.8 Å². The van der Waals surface area contributed by atoms with E-state index in [4.69, 9.17) is 18.5 Å². The summed E-state index contributed by atoms with van der Waals surface area (Å²) in [6.07, 6.45) is 72.8. The Morgan fingerprint density at radius 3 is 1.15 bits per heavy atom. The van der Waals surface area contributed by atoms with E-state index in [0.29, 0.717) is 17.4 Å². The Balaban J connectivity index is 4.03. The molecule has 2 unspecified atom stereocenters. The van der Waals surface area contributed by atoms with Crippen LogP contribution >= 0.6 is 7.82 Å². The fourth-order valence-corrected chi connectivity index (χ4v) is 9.67. The van der Waals surface area contributed by atoms with Crippen molar-refractivity contribution in [3.05, 3.63) is 60.8 Å². The van der Waals surface area contributed by atoms with Crippen LogP contribution in [0, 0.1) is 0 Å². The lowest BCUT2D eigenvalue weighted by Gasteiger charge is -2.28. The number of ether oxygens (including phenoxy) is 2. The maximum atomic E-state index is 12.8. The van der Waals surface area contributed by atoms with Gasteiger partial charge in [-0.25, -0.2) is 0 Å². The predicted molar refractivity (Wildman–Crippen MR) is 319 cm³/mol. The highest BCUT2D eigenvalue weighted by molar-refractivity contribution is 7.45. The summed E-state index contributed by atoms with van der Waals surface area (Å²) < 4.78 is 34.2. The Morgan fingerprint density at radius 2 is 0.760 bits per heavy atom. The van der Waals surface area contributed by atoms with Crippen molar-refractivity contribution in [2.75, 3.05) is 47.5 Å². The Morgan fingerprint density at radius 1 is 0.427 bits per heavy atom. The summed E-state index contributed by atoms with van der Waals surface area (Å²) >= 11 is 0. The first-order chi connectivity index (χ1) is 36.5. The average Bonchev–Trinajstić information content (AvgIpc) is 3.37. The molecular weight excluding hydrogens is 954 g/mol. The number of phosphoric ester groups is 1. The van der Waals surface area contributed by atoms with Gasteiger partial charge >= 0.3 is 11.9 Å². The number of quaternary nitrogens is 1. The van der Waals surface area contributed by atoms with Gasteiger partial charge in [0.25, 0.3) is 7.82 Å². The Hall–Kier alpha value is -2.29. The van der Waals surface area contributed by atoms with Crippen molar-refractivity contribution in [3.63, 3.8) is 0 Å². The van der Waals surface area contributed by atoms with Gasteiger partial charge < -0.3 is 27.9 Å². The van der Waals surface area contributed by atoms with Crippen LogP contribution in [0.15, 0.2) is 60.8 Å². The molecule has 0 aromatic rings. The number of likely N-dealkylation sites (N-methyl/N-ethyl adjacent to an activating group) is 1. The summed E-state index contributed by atoms with van der Waals surface area (Å²) in [5.41, 5.74) is 0. The van der Waals surface area contributed by atoms with E-state index in [1.165, 1.54) is 180 Å². The molecule has 0 saturated carbocycles. The van der Waals surface area contributed by atoms with E-state index < -0.39 is 26.5 Å². The molecule has 0 saturated heterocycles. The summed E-state index contributed by atoms with van der Waals surface area (Å²) in [5.74, 6) is -0.826. The van der Waals surface area contributed by atoms with Gasteiger partial charge in [0.15, 0.2) is 6.10 Å². The Kier molecular flexibility index (Phi) is 54.7. The van der Waals surface area contributed by atoms with Gasteiger partial charge in [-0.05, 0) is 77.0 Å². The monoisotopic (exact) mass is 1070 g/mol. The van der Waals surface area contributed by atoms with Crippen molar-refractivity contribution in [2.24, 2.45) is 0 Å². The molecule has 0 bridgehead atoms. The second-order valence-electron chi connectivity index (χ2n) is 22.4. The zero-order valence-corrected chi connectivity index (χ0v) is 50.6. The van der Waals surface area contributed by atoms with Crippen LogP contribution in [0.2, 0.25) is 0 Å². The number of esters is 2.